The fraction of sp³-hybridized carbons (Fsp3) is 1.00. The molecule has 3 saturated carbocycles. The minimum absolute atomic E-state index is 0.936. The first kappa shape index (κ1) is 27.6. The van der Waals surface area contributed by atoms with Crippen LogP contribution in [0, 0.1) is 65.1 Å². The maximum Gasteiger partial charge on any atom is -0.0352 e. The van der Waals surface area contributed by atoms with Crippen LogP contribution < -0.4 is 0 Å². The van der Waals surface area contributed by atoms with Gasteiger partial charge in [-0.1, -0.05) is 113 Å². The first-order valence-electron chi connectivity index (χ1n) is 15.8. The zero-order chi connectivity index (χ0) is 24.0. The van der Waals surface area contributed by atoms with Crippen LogP contribution in [0.25, 0.3) is 0 Å². The second-order valence-corrected chi connectivity index (χ2v) is 14.0. The molecule has 10 atom stereocenters. The smallest absolute Gasteiger partial charge is 0.0352 e. The minimum atomic E-state index is 0.936. The predicted octanol–water partition coefficient (Wildman–Crippen LogP) is 10.8. The third-order valence-electron chi connectivity index (χ3n) is 11.5. The SMILES string of the molecule is CCC1CC(CC(C)CCC[C@H](C)CC2C(C3CCCCC3)C[C@@H](C)C2C)CC(C)C1CC. The lowest BCUT2D eigenvalue weighted by Gasteiger charge is -2.41. The molecule has 3 aliphatic carbocycles. The van der Waals surface area contributed by atoms with Crippen molar-refractivity contribution < 1.29 is 0 Å². The van der Waals surface area contributed by atoms with E-state index in [0.29, 0.717) is 0 Å². The number of rotatable bonds is 11. The van der Waals surface area contributed by atoms with E-state index in [1.807, 2.05) is 0 Å². The first-order chi connectivity index (χ1) is 15.8. The molecule has 0 saturated heterocycles. The van der Waals surface area contributed by atoms with Crippen LogP contribution in [0.1, 0.15) is 145 Å². The highest BCUT2D eigenvalue weighted by Gasteiger charge is 2.42. The molecule has 3 rings (SSSR count). The fourth-order valence-electron chi connectivity index (χ4n) is 9.47. The summed E-state index contributed by atoms with van der Waals surface area (Å²) in [6.07, 6.45) is 22.5. The Morgan fingerprint density at radius 3 is 2.00 bits per heavy atom. The Balaban J connectivity index is 1.40. The molecule has 33 heavy (non-hydrogen) atoms. The van der Waals surface area contributed by atoms with E-state index in [1.165, 1.54) is 83.5 Å². The lowest BCUT2D eigenvalue weighted by Crippen LogP contribution is -2.31. The van der Waals surface area contributed by atoms with Gasteiger partial charge in [0.05, 0.1) is 0 Å². The van der Waals surface area contributed by atoms with Crippen molar-refractivity contribution >= 4 is 0 Å². The van der Waals surface area contributed by atoms with Crippen molar-refractivity contribution in [2.24, 2.45) is 65.1 Å². The monoisotopic (exact) mass is 458 g/mol. The summed E-state index contributed by atoms with van der Waals surface area (Å²) in [6, 6.07) is 0. The van der Waals surface area contributed by atoms with Gasteiger partial charge >= 0.3 is 0 Å². The first-order valence-corrected chi connectivity index (χ1v) is 15.8. The van der Waals surface area contributed by atoms with E-state index >= 15 is 0 Å². The molecule has 0 radical (unpaired) electrons. The molecule has 0 heteroatoms. The summed E-state index contributed by atoms with van der Waals surface area (Å²) in [6.45, 7) is 17.8. The molecule has 0 amide bonds. The number of hydrogen-bond acceptors (Lipinski definition) is 0. The summed E-state index contributed by atoms with van der Waals surface area (Å²) >= 11 is 0. The Bertz CT molecular complexity index is 530. The maximum atomic E-state index is 2.60. The molecule has 0 aromatic rings. The predicted molar refractivity (Wildman–Crippen MR) is 147 cm³/mol. The normalized spacial score (nSPS) is 40.1. The molecule has 0 nitrogen and oxygen atoms in total. The molecular weight excluding hydrogens is 396 g/mol. The van der Waals surface area contributed by atoms with Crippen molar-refractivity contribution in [1.29, 1.82) is 0 Å². The van der Waals surface area contributed by atoms with Crippen LogP contribution in [0.5, 0.6) is 0 Å². The van der Waals surface area contributed by atoms with Crippen LogP contribution in [-0.2, 0) is 0 Å². The highest BCUT2D eigenvalue weighted by atomic mass is 14.5. The van der Waals surface area contributed by atoms with E-state index in [9.17, 15) is 0 Å². The second-order valence-electron chi connectivity index (χ2n) is 14.0. The fourth-order valence-corrected chi connectivity index (χ4v) is 9.47. The van der Waals surface area contributed by atoms with E-state index in [0.717, 1.165) is 65.1 Å². The van der Waals surface area contributed by atoms with Crippen LogP contribution in [0.2, 0.25) is 0 Å². The zero-order valence-electron chi connectivity index (χ0n) is 24.0. The Kier molecular flexibility index (Phi) is 11.2. The average molecular weight is 459 g/mol. The van der Waals surface area contributed by atoms with Crippen molar-refractivity contribution in [3.8, 4) is 0 Å². The summed E-state index contributed by atoms with van der Waals surface area (Å²) in [4.78, 5) is 0. The summed E-state index contributed by atoms with van der Waals surface area (Å²) in [7, 11) is 0. The molecule has 0 spiro atoms. The Morgan fingerprint density at radius 2 is 1.36 bits per heavy atom. The molecule has 3 fully saturated rings. The van der Waals surface area contributed by atoms with Gasteiger partial charge in [-0.05, 0) is 97.2 Å². The van der Waals surface area contributed by atoms with Crippen LogP contribution in [0.3, 0.4) is 0 Å². The summed E-state index contributed by atoms with van der Waals surface area (Å²) in [5.41, 5.74) is 0. The van der Waals surface area contributed by atoms with Gasteiger partial charge in [0.15, 0.2) is 0 Å². The van der Waals surface area contributed by atoms with Gasteiger partial charge in [-0.2, -0.15) is 0 Å². The summed E-state index contributed by atoms with van der Waals surface area (Å²) in [5.74, 6) is 10.9. The quantitative estimate of drug-likeness (QED) is 0.289. The minimum Gasteiger partial charge on any atom is -0.0651 e. The largest absolute Gasteiger partial charge is 0.0651 e. The van der Waals surface area contributed by atoms with Crippen molar-refractivity contribution in [3.05, 3.63) is 0 Å². The molecule has 0 aromatic heterocycles. The number of hydrogen-bond donors (Lipinski definition) is 0. The van der Waals surface area contributed by atoms with Gasteiger partial charge < -0.3 is 0 Å². The third-order valence-corrected chi connectivity index (χ3v) is 11.5. The molecule has 194 valence electrons. The van der Waals surface area contributed by atoms with E-state index in [1.54, 1.807) is 12.8 Å². The van der Waals surface area contributed by atoms with Gasteiger partial charge in [-0.3, -0.25) is 0 Å². The Hall–Kier alpha value is 0. The Morgan fingerprint density at radius 1 is 0.697 bits per heavy atom. The van der Waals surface area contributed by atoms with E-state index in [-0.39, 0.29) is 0 Å². The van der Waals surface area contributed by atoms with E-state index in [2.05, 4.69) is 48.5 Å². The molecule has 0 aliphatic heterocycles. The van der Waals surface area contributed by atoms with Crippen molar-refractivity contribution in [3.63, 3.8) is 0 Å². The van der Waals surface area contributed by atoms with Crippen LogP contribution in [0.15, 0.2) is 0 Å². The lowest BCUT2D eigenvalue weighted by molar-refractivity contribution is 0.0952. The van der Waals surface area contributed by atoms with Crippen molar-refractivity contribution in [2.75, 3.05) is 0 Å². The summed E-state index contributed by atoms with van der Waals surface area (Å²) < 4.78 is 0. The maximum absolute atomic E-state index is 2.60. The van der Waals surface area contributed by atoms with Gasteiger partial charge in [-0.25, -0.2) is 0 Å². The second kappa shape index (κ2) is 13.3. The molecular formula is C33H62. The highest BCUT2D eigenvalue weighted by molar-refractivity contribution is 4.92. The van der Waals surface area contributed by atoms with Gasteiger partial charge in [0.2, 0.25) is 0 Å². The van der Waals surface area contributed by atoms with E-state index in [4.69, 9.17) is 0 Å². The van der Waals surface area contributed by atoms with Gasteiger partial charge in [-0.15, -0.1) is 0 Å². The topological polar surface area (TPSA) is 0 Å². The van der Waals surface area contributed by atoms with Crippen LogP contribution in [0.4, 0.5) is 0 Å². The Labute approximate surface area is 209 Å². The average Bonchev–Trinajstić information content (AvgIpc) is 3.07. The van der Waals surface area contributed by atoms with Gasteiger partial charge in [0, 0.05) is 0 Å². The highest BCUT2D eigenvalue weighted by Crippen LogP contribution is 2.51. The molecule has 3 aliphatic rings. The van der Waals surface area contributed by atoms with Crippen molar-refractivity contribution in [2.45, 2.75) is 145 Å². The molecule has 0 aromatic carbocycles. The third kappa shape index (κ3) is 7.49. The molecule has 8 unspecified atom stereocenters. The van der Waals surface area contributed by atoms with Crippen LogP contribution in [-0.4, -0.2) is 0 Å². The van der Waals surface area contributed by atoms with Crippen molar-refractivity contribution in [1.82, 2.24) is 0 Å². The molecule has 0 N–H and O–H groups in total. The van der Waals surface area contributed by atoms with E-state index < -0.39 is 0 Å². The zero-order valence-corrected chi connectivity index (χ0v) is 24.0. The molecule has 0 bridgehead atoms. The van der Waals surface area contributed by atoms with Gasteiger partial charge in [0.25, 0.3) is 0 Å². The summed E-state index contributed by atoms with van der Waals surface area (Å²) in [5, 5.41) is 0. The standard InChI is InChI=1S/C33H62/c1-8-29-22-28(20-26(6)31(29)9-2)18-23(3)14-13-15-24(4)19-32-27(7)25(5)21-33(32)30-16-11-10-12-17-30/h23-33H,8-22H2,1-7H3/t23?,24-,25+,26?,27?,28?,29?,31?,32?,33?/m0/s1. The molecule has 0 heterocycles. The lowest BCUT2D eigenvalue weighted by atomic mass is 9.65. The van der Waals surface area contributed by atoms with Gasteiger partial charge in [0.1, 0.15) is 0 Å². The van der Waals surface area contributed by atoms with Crippen LogP contribution >= 0.6 is 0 Å².